The van der Waals surface area contributed by atoms with Gasteiger partial charge in [0.2, 0.25) is 0 Å². The van der Waals surface area contributed by atoms with Crippen LogP contribution < -0.4 is 0 Å². The molecule has 0 aliphatic carbocycles. The Bertz CT molecular complexity index is 95.0. The van der Waals surface area contributed by atoms with E-state index in [1.54, 1.807) is 7.11 Å². The van der Waals surface area contributed by atoms with E-state index < -0.39 is 0 Å². The van der Waals surface area contributed by atoms with E-state index in [-0.39, 0.29) is 18.3 Å². The summed E-state index contributed by atoms with van der Waals surface area (Å²) in [6, 6.07) is 0. The molecule has 0 aromatic carbocycles. The van der Waals surface area contributed by atoms with Gasteiger partial charge in [-0.05, 0) is 6.92 Å². The highest BCUT2D eigenvalue weighted by Crippen LogP contribution is 2.19. The third kappa shape index (κ3) is 1.68. The summed E-state index contributed by atoms with van der Waals surface area (Å²) in [5.41, 5.74) is 0. The summed E-state index contributed by atoms with van der Waals surface area (Å²) < 4.78 is 10.2. The summed E-state index contributed by atoms with van der Waals surface area (Å²) in [5.74, 6) is 0. The van der Waals surface area contributed by atoms with Crippen LogP contribution in [0, 0.1) is 0 Å². The van der Waals surface area contributed by atoms with Crippen molar-refractivity contribution in [2.24, 2.45) is 0 Å². The third-order valence-corrected chi connectivity index (χ3v) is 1.81. The molecule has 3 atom stereocenters. The lowest BCUT2D eigenvalue weighted by molar-refractivity contribution is -0.00910. The largest absolute Gasteiger partial charge is 0.390 e. The quantitative estimate of drug-likeness (QED) is 0.603. The minimum Gasteiger partial charge on any atom is -0.390 e. The maximum Gasteiger partial charge on any atom is 0.0838 e. The van der Waals surface area contributed by atoms with Crippen LogP contribution in [-0.2, 0) is 9.47 Å². The maximum atomic E-state index is 9.21. The first kappa shape index (κ1) is 7.98. The summed E-state index contributed by atoms with van der Waals surface area (Å²) in [6.45, 7) is 2.46. The average Bonchev–Trinajstić information content (AvgIpc) is 2.14. The predicted octanol–water partition coefficient (Wildman–Crippen LogP) is 0.171. The van der Waals surface area contributed by atoms with Gasteiger partial charge in [-0.3, -0.25) is 0 Å². The predicted molar refractivity (Wildman–Crippen MR) is 36.8 cm³/mol. The molecule has 0 spiro atoms. The molecule has 1 rings (SSSR count). The molecular weight excluding hydrogens is 132 g/mol. The Labute approximate surface area is 60.9 Å². The van der Waals surface area contributed by atoms with Crippen LogP contribution in [0.3, 0.4) is 0 Å². The first-order chi connectivity index (χ1) is 4.74. The molecular formula is C7H14O3. The van der Waals surface area contributed by atoms with Gasteiger partial charge in [0.05, 0.1) is 24.9 Å². The SMILES string of the molecule is COC[C@@H]1C[C@H](O)C(C)O1. The Hall–Kier alpha value is -0.120. The molecule has 3 heteroatoms. The van der Waals surface area contributed by atoms with E-state index >= 15 is 0 Å². The molecule has 1 saturated heterocycles. The fourth-order valence-corrected chi connectivity index (χ4v) is 1.20. The Kier molecular flexibility index (Phi) is 2.65. The Morgan fingerprint density at radius 1 is 1.70 bits per heavy atom. The molecule has 1 heterocycles. The smallest absolute Gasteiger partial charge is 0.0838 e. The monoisotopic (exact) mass is 146 g/mol. The molecule has 1 unspecified atom stereocenters. The van der Waals surface area contributed by atoms with Gasteiger partial charge >= 0.3 is 0 Å². The Balaban J connectivity index is 2.27. The lowest BCUT2D eigenvalue weighted by Gasteiger charge is -2.08. The lowest BCUT2D eigenvalue weighted by atomic mass is 10.2. The van der Waals surface area contributed by atoms with Crippen molar-refractivity contribution in [2.75, 3.05) is 13.7 Å². The first-order valence-corrected chi connectivity index (χ1v) is 3.56. The zero-order chi connectivity index (χ0) is 7.56. The molecule has 0 amide bonds. The van der Waals surface area contributed by atoms with Crippen molar-refractivity contribution < 1.29 is 14.6 Å². The second-order valence-corrected chi connectivity index (χ2v) is 2.72. The van der Waals surface area contributed by atoms with Gasteiger partial charge in [0.1, 0.15) is 0 Å². The van der Waals surface area contributed by atoms with Crippen LogP contribution in [0.25, 0.3) is 0 Å². The number of ether oxygens (including phenoxy) is 2. The molecule has 0 bridgehead atoms. The van der Waals surface area contributed by atoms with Crippen molar-refractivity contribution in [1.82, 2.24) is 0 Å². The molecule has 10 heavy (non-hydrogen) atoms. The van der Waals surface area contributed by atoms with Gasteiger partial charge in [-0.1, -0.05) is 0 Å². The van der Waals surface area contributed by atoms with E-state index in [9.17, 15) is 5.11 Å². The van der Waals surface area contributed by atoms with E-state index in [0.717, 1.165) is 0 Å². The Morgan fingerprint density at radius 3 is 2.80 bits per heavy atom. The first-order valence-electron chi connectivity index (χ1n) is 3.56. The third-order valence-electron chi connectivity index (χ3n) is 1.81. The number of aliphatic hydroxyl groups excluding tert-OH is 1. The molecule has 1 N–H and O–H groups in total. The second kappa shape index (κ2) is 3.32. The van der Waals surface area contributed by atoms with Gasteiger partial charge in [-0.15, -0.1) is 0 Å². The molecule has 60 valence electrons. The van der Waals surface area contributed by atoms with Gasteiger partial charge < -0.3 is 14.6 Å². The summed E-state index contributed by atoms with van der Waals surface area (Å²) in [4.78, 5) is 0. The number of hydrogen-bond acceptors (Lipinski definition) is 3. The minimum atomic E-state index is -0.305. The van der Waals surface area contributed by atoms with Gasteiger partial charge in [-0.25, -0.2) is 0 Å². The number of aliphatic hydroxyl groups is 1. The standard InChI is InChI=1S/C7H14O3/c1-5-7(8)3-6(10-5)4-9-2/h5-8H,3-4H2,1-2H3/t5?,6-,7-/m0/s1. The van der Waals surface area contributed by atoms with Crippen molar-refractivity contribution in [3.05, 3.63) is 0 Å². The summed E-state index contributed by atoms with van der Waals surface area (Å²) >= 11 is 0. The van der Waals surface area contributed by atoms with Crippen LogP contribution in [0.5, 0.6) is 0 Å². The summed E-state index contributed by atoms with van der Waals surface area (Å²) in [6.07, 6.45) is 0.463. The van der Waals surface area contributed by atoms with Crippen molar-refractivity contribution >= 4 is 0 Å². The minimum absolute atomic E-state index is 0.0276. The zero-order valence-electron chi connectivity index (χ0n) is 6.41. The fourth-order valence-electron chi connectivity index (χ4n) is 1.20. The van der Waals surface area contributed by atoms with Gasteiger partial charge in [0.15, 0.2) is 0 Å². The molecule has 1 aliphatic rings. The normalized spacial score (nSPS) is 40.5. The number of hydrogen-bond donors (Lipinski definition) is 1. The zero-order valence-corrected chi connectivity index (χ0v) is 6.41. The molecule has 1 fully saturated rings. The van der Waals surface area contributed by atoms with Crippen LogP contribution in [-0.4, -0.2) is 37.1 Å². The molecule has 3 nitrogen and oxygen atoms in total. The van der Waals surface area contributed by atoms with E-state index in [1.807, 2.05) is 6.92 Å². The lowest BCUT2D eigenvalue weighted by Crippen LogP contribution is -2.15. The highest BCUT2D eigenvalue weighted by atomic mass is 16.5. The van der Waals surface area contributed by atoms with Gasteiger partial charge in [0, 0.05) is 13.5 Å². The molecule has 0 radical (unpaired) electrons. The van der Waals surface area contributed by atoms with Crippen LogP contribution in [0.4, 0.5) is 0 Å². The number of rotatable bonds is 2. The van der Waals surface area contributed by atoms with E-state index in [1.165, 1.54) is 0 Å². The van der Waals surface area contributed by atoms with Gasteiger partial charge in [0.25, 0.3) is 0 Å². The van der Waals surface area contributed by atoms with Crippen molar-refractivity contribution in [3.63, 3.8) is 0 Å². The molecule has 0 aromatic heterocycles. The Morgan fingerprint density at radius 2 is 2.40 bits per heavy atom. The number of methoxy groups -OCH3 is 1. The maximum absolute atomic E-state index is 9.21. The molecule has 0 saturated carbocycles. The fraction of sp³-hybridized carbons (Fsp3) is 1.00. The summed E-state index contributed by atoms with van der Waals surface area (Å²) in [5, 5.41) is 9.21. The highest BCUT2D eigenvalue weighted by Gasteiger charge is 2.29. The van der Waals surface area contributed by atoms with E-state index in [0.29, 0.717) is 13.0 Å². The highest BCUT2D eigenvalue weighted by molar-refractivity contribution is 4.78. The van der Waals surface area contributed by atoms with E-state index in [4.69, 9.17) is 9.47 Å². The van der Waals surface area contributed by atoms with Crippen LogP contribution in [0.15, 0.2) is 0 Å². The average molecular weight is 146 g/mol. The van der Waals surface area contributed by atoms with Crippen molar-refractivity contribution in [2.45, 2.75) is 31.7 Å². The van der Waals surface area contributed by atoms with Crippen LogP contribution in [0.2, 0.25) is 0 Å². The van der Waals surface area contributed by atoms with Crippen molar-refractivity contribution in [3.8, 4) is 0 Å². The van der Waals surface area contributed by atoms with Crippen LogP contribution in [0.1, 0.15) is 13.3 Å². The summed E-state index contributed by atoms with van der Waals surface area (Å²) in [7, 11) is 1.64. The second-order valence-electron chi connectivity index (χ2n) is 2.72. The van der Waals surface area contributed by atoms with Crippen LogP contribution >= 0.6 is 0 Å². The molecule has 1 aliphatic heterocycles. The van der Waals surface area contributed by atoms with E-state index in [2.05, 4.69) is 0 Å². The van der Waals surface area contributed by atoms with Gasteiger partial charge in [-0.2, -0.15) is 0 Å². The topological polar surface area (TPSA) is 38.7 Å². The molecule has 0 aromatic rings. The van der Waals surface area contributed by atoms with Crippen molar-refractivity contribution in [1.29, 1.82) is 0 Å².